The number of nitrogens with one attached hydrogen (secondary N) is 1. The average Bonchev–Trinajstić information content (AvgIpc) is 2.60. The van der Waals surface area contributed by atoms with Crippen LogP contribution in [0.25, 0.3) is 0 Å². The zero-order valence-electron chi connectivity index (χ0n) is 13.3. The van der Waals surface area contributed by atoms with E-state index in [4.69, 9.17) is 9.47 Å². The fourth-order valence-electron chi connectivity index (χ4n) is 2.52. The van der Waals surface area contributed by atoms with Gasteiger partial charge in [0.05, 0.1) is 19.3 Å². The fourth-order valence-corrected chi connectivity index (χ4v) is 2.52. The van der Waals surface area contributed by atoms with E-state index in [0.717, 1.165) is 17.0 Å². The number of para-hydroxylation sites is 2. The van der Waals surface area contributed by atoms with Gasteiger partial charge in [0.2, 0.25) is 5.91 Å². The van der Waals surface area contributed by atoms with Gasteiger partial charge in [-0.1, -0.05) is 24.3 Å². The van der Waals surface area contributed by atoms with Gasteiger partial charge in [-0.15, -0.1) is 0 Å². The van der Waals surface area contributed by atoms with Gasteiger partial charge in [0.25, 0.3) is 0 Å². The van der Waals surface area contributed by atoms with Crippen LogP contribution < -0.4 is 19.7 Å². The Morgan fingerprint density at radius 1 is 1.21 bits per heavy atom. The van der Waals surface area contributed by atoms with Gasteiger partial charge in [-0.2, -0.15) is 0 Å². The molecule has 1 heterocycles. The molecule has 1 N–H and O–H groups in total. The van der Waals surface area contributed by atoms with Crippen LogP contribution in [0.5, 0.6) is 11.5 Å². The molecule has 24 heavy (non-hydrogen) atoms. The first-order valence-corrected chi connectivity index (χ1v) is 7.60. The van der Waals surface area contributed by atoms with Gasteiger partial charge >= 0.3 is 5.97 Å². The van der Waals surface area contributed by atoms with Crippen molar-refractivity contribution < 1.29 is 19.1 Å². The van der Waals surface area contributed by atoms with E-state index in [1.54, 1.807) is 24.1 Å². The molecule has 1 aliphatic rings. The van der Waals surface area contributed by atoms with Crippen molar-refractivity contribution in [2.45, 2.75) is 6.54 Å². The van der Waals surface area contributed by atoms with Gasteiger partial charge < -0.3 is 19.7 Å². The van der Waals surface area contributed by atoms with Crippen molar-refractivity contribution in [3.63, 3.8) is 0 Å². The summed E-state index contributed by atoms with van der Waals surface area (Å²) in [6.07, 6.45) is 0. The molecule has 3 rings (SSSR count). The normalized spacial score (nSPS) is 13.0. The highest BCUT2D eigenvalue weighted by molar-refractivity contribution is 5.89. The van der Waals surface area contributed by atoms with Crippen LogP contribution in [0.3, 0.4) is 0 Å². The van der Waals surface area contributed by atoms with Gasteiger partial charge in [0, 0.05) is 6.54 Å². The van der Waals surface area contributed by atoms with Crippen molar-refractivity contribution >= 4 is 17.6 Å². The number of methoxy groups -OCH3 is 1. The lowest BCUT2D eigenvalue weighted by Gasteiger charge is -2.29. The minimum Gasteiger partial charge on any atom is -0.497 e. The number of anilines is 1. The molecule has 1 amide bonds. The van der Waals surface area contributed by atoms with Crippen LogP contribution in [0.2, 0.25) is 0 Å². The van der Waals surface area contributed by atoms with E-state index in [-0.39, 0.29) is 25.0 Å². The van der Waals surface area contributed by atoms with Crippen LogP contribution >= 0.6 is 0 Å². The Balaban J connectivity index is 1.59. The van der Waals surface area contributed by atoms with Crippen LogP contribution in [0.15, 0.2) is 48.5 Å². The average molecular weight is 326 g/mol. The minimum absolute atomic E-state index is 0.0625. The molecule has 0 unspecified atom stereocenters. The molecule has 0 radical (unpaired) electrons. The highest BCUT2D eigenvalue weighted by Crippen LogP contribution is 2.30. The number of ether oxygens (including phenoxy) is 2. The van der Waals surface area contributed by atoms with Gasteiger partial charge in [-0.3, -0.25) is 4.79 Å². The van der Waals surface area contributed by atoms with Gasteiger partial charge in [0.15, 0.2) is 5.75 Å². The number of hydrogen-bond donors (Lipinski definition) is 1. The molecule has 0 aliphatic carbocycles. The van der Waals surface area contributed by atoms with E-state index in [2.05, 4.69) is 5.32 Å². The molecule has 0 saturated heterocycles. The maximum absolute atomic E-state index is 12.2. The minimum atomic E-state index is -0.364. The number of esters is 1. The highest BCUT2D eigenvalue weighted by atomic mass is 16.5. The van der Waals surface area contributed by atoms with Crippen molar-refractivity contribution in [1.82, 2.24) is 5.32 Å². The van der Waals surface area contributed by atoms with Gasteiger partial charge in [-0.05, 0) is 29.8 Å². The number of hydrogen-bond acceptors (Lipinski definition) is 5. The number of carbonyl (C=O) groups is 2. The Morgan fingerprint density at radius 2 is 1.96 bits per heavy atom. The summed E-state index contributed by atoms with van der Waals surface area (Å²) in [7, 11) is 1.61. The van der Waals surface area contributed by atoms with Crippen LogP contribution in [0.4, 0.5) is 5.69 Å². The molecule has 0 saturated carbocycles. The number of carbonyl (C=O) groups excluding carboxylic acids is 2. The maximum Gasteiger partial charge on any atom is 0.331 e. The van der Waals surface area contributed by atoms with Crippen molar-refractivity contribution in [3.05, 3.63) is 54.1 Å². The first kappa shape index (κ1) is 15.9. The molecule has 124 valence electrons. The molecule has 2 aromatic rings. The third-order valence-corrected chi connectivity index (χ3v) is 3.73. The lowest BCUT2D eigenvalue weighted by Crippen LogP contribution is -2.43. The number of nitrogens with zero attached hydrogens (tertiary/aromatic N) is 1. The highest BCUT2D eigenvalue weighted by Gasteiger charge is 2.25. The Labute approximate surface area is 140 Å². The predicted molar refractivity (Wildman–Crippen MR) is 89.1 cm³/mol. The molecule has 0 bridgehead atoms. The summed E-state index contributed by atoms with van der Waals surface area (Å²) in [6.45, 7) is 0.581. The smallest absolute Gasteiger partial charge is 0.331 e. The second-order valence-corrected chi connectivity index (χ2v) is 5.42. The van der Waals surface area contributed by atoms with E-state index in [0.29, 0.717) is 12.3 Å². The molecule has 0 atom stereocenters. The third-order valence-electron chi connectivity index (χ3n) is 3.73. The summed E-state index contributed by atoms with van der Waals surface area (Å²) in [5.74, 6) is 0.734. The van der Waals surface area contributed by atoms with Crippen molar-refractivity contribution in [2.24, 2.45) is 0 Å². The first-order valence-electron chi connectivity index (χ1n) is 7.60. The number of fused-ring (bicyclic) bond motifs is 1. The van der Waals surface area contributed by atoms with E-state index in [1.165, 1.54) is 0 Å². The van der Waals surface area contributed by atoms with E-state index >= 15 is 0 Å². The van der Waals surface area contributed by atoms with Crippen LogP contribution in [-0.4, -0.2) is 32.1 Å². The summed E-state index contributed by atoms with van der Waals surface area (Å²) < 4.78 is 10.3. The first-order chi connectivity index (χ1) is 11.7. The number of amides is 1. The lowest BCUT2D eigenvalue weighted by molar-refractivity contribution is -0.133. The van der Waals surface area contributed by atoms with Crippen LogP contribution in [0, 0.1) is 0 Å². The SMILES string of the molecule is COc1ccc(CNC(=O)CN2CC(=O)Oc3ccccc32)cc1. The Bertz CT molecular complexity index is 743. The zero-order chi connectivity index (χ0) is 16.9. The molecule has 2 aromatic carbocycles. The summed E-state index contributed by atoms with van der Waals surface area (Å²) in [5, 5.41) is 2.86. The molecule has 6 heteroatoms. The fraction of sp³-hybridized carbons (Fsp3) is 0.222. The molecular formula is C18H18N2O4. The van der Waals surface area contributed by atoms with Crippen molar-refractivity contribution in [3.8, 4) is 11.5 Å². The van der Waals surface area contributed by atoms with E-state index in [9.17, 15) is 9.59 Å². The lowest BCUT2D eigenvalue weighted by atomic mass is 10.2. The molecule has 6 nitrogen and oxygen atoms in total. The molecular weight excluding hydrogens is 308 g/mol. The Morgan fingerprint density at radius 3 is 2.71 bits per heavy atom. The summed E-state index contributed by atoms with van der Waals surface area (Å²) in [6, 6.07) is 14.7. The zero-order valence-corrected chi connectivity index (χ0v) is 13.3. The second-order valence-electron chi connectivity index (χ2n) is 5.42. The standard InChI is InChI=1S/C18H18N2O4/c1-23-14-8-6-13(7-9-14)10-19-17(21)11-20-12-18(22)24-16-5-3-2-4-15(16)20/h2-9H,10-12H2,1H3,(H,19,21). The monoisotopic (exact) mass is 326 g/mol. The third kappa shape index (κ3) is 3.65. The van der Waals surface area contributed by atoms with Crippen molar-refractivity contribution in [2.75, 3.05) is 25.1 Å². The van der Waals surface area contributed by atoms with E-state index < -0.39 is 0 Å². The van der Waals surface area contributed by atoms with Gasteiger partial charge in [-0.25, -0.2) is 4.79 Å². The topological polar surface area (TPSA) is 67.9 Å². The Kier molecular flexibility index (Phi) is 4.65. The number of rotatable bonds is 5. The van der Waals surface area contributed by atoms with Crippen LogP contribution in [-0.2, 0) is 16.1 Å². The summed E-state index contributed by atoms with van der Waals surface area (Å²) >= 11 is 0. The molecule has 0 fully saturated rings. The summed E-state index contributed by atoms with van der Waals surface area (Å²) in [4.78, 5) is 25.6. The molecule has 0 aromatic heterocycles. The van der Waals surface area contributed by atoms with Gasteiger partial charge in [0.1, 0.15) is 12.3 Å². The number of benzene rings is 2. The maximum atomic E-state index is 12.2. The molecule has 1 aliphatic heterocycles. The van der Waals surface area contributed by atoms with Crippen LogP contribution in [0.1, 0.15) is 5.56 Å². The quantitative estimate of drug-likeness (QED) is 0.669. The molecule has 0 spiro atoms. The Hall–Kier alpha value is -3.02. The predicted octanol–water partition coefficient (Wildman–Crippen LogP) is 1.74. The second kappa shape index (κ2) is 7.04. The van der Waals surface area contributed by atoms with Crippen molar-refractivity contribution in [1.29, 1.82) is 0 Å². The summed E-state index contributed by atoms with van der Waals surface area (Å²) in [5.41, 5.74) is 1.72. The van der Waals surface area contributed by atoms with E-state index in [1.807, 2.05) is 36.4 Å². The largest absolute Gasteiger partial charge is 0.497 e.